The van der Waals surface area contributed by atoms with Crippen molar-refractivity contribution in [3.63, 3.8) is 0 Å². The number of hydrogen-bond acceptors (Lipinski definition) is 3. The first-order valence-corrected chi connectivity index (χ1v) is 4.80. The summed E-state index contributed by atoms with van der Waals surface area (Å²) in [6, 6.07) is 6.58. The number of aliphatic carboxylic acids is 1. The Labute approximate surface area is 88.3 Å². The van der Waals surface area contributed by atoms with Crippen LogP contribution in [0.5, 0.6) is 0 Å². The summed E-state index contributed by atoms with van der Waals surface area (Å²) in [6.07, 6.45) is 0.944. The minimum absolute atomic E-state index is 0.119. The predicted molar refractivity (Wildman–Crippen MR) is 56.5 cm³/mol. The topological polar surface area (TPSA) is 83.5 Å². The number of carboxylic acids is 1. The van der Waals surface area contributed by atoms with Gasteiger partial charge in [0.1, 0.15) is 6.04 Å². The molecule has 0 bridgehead atoms. The number of nitrogens with two attached hydrogens (primary N) is 1. The number of hydrogen-bond donors (Lipinski definition) is 3. The fraction of sp³-hybridized carbons (Fsp3) is 0.364. The highest BCUT2D eigenvalue weighted by Crippen LogP contribution is 2.07. The molecule has 1 rings (SSSR count). The highest BCUT2D eigenvalue weighted by atomic mass is 16.4. The van der Waals surface area contributed by atoms with Crippen LogP contribution in [0.15, 0.2) is 24.3 Å². The maximum Gasteiger partial charge on any atom is 0.320 e. The molecule has 0 radical (unpaired) electrons. The van der Waals surface area contributed by atoms with E-state index < -0.39 is 12.0 Å². The number of carbonyl (C=O) groups is 1. The second kappa shape index (κ2) is 5.48. The Morgan fingerprint density at radius 1 is 1.27 bits per heavy atom. The van der Waals surface area contributed by atoms with Crippen LogP contribution in [0.1, 0.15) is 11.1 Å². The van der Waals surface area contributed by atoms with E-state index in [2.05, 4.69) is 0 Å². The van der Waals surface area contributed by atoms with Crippen LogP contribution in [-0.2, 0) is 17.6 Å². The predicted octanol–water partition coefficient (Wildman–Crippen LogP) is 0.176. The molecule has 0 amide bonds. The van der Waals surface area contributed by atoms with Crippen molar-refractivity contribution in [1.82, 2.24) is 0 Å². The van der Waals surface area contributed by atoms with E-state index in [0.29, 0.717) is 12.8 Å². The molecule has 1 aromatic carbocycles. The molecule has 0 fully saturated rings. The van der Waals surface area contributed by atoms with E-state index in [4.69, 9.17) is 15.9 Å². The van der Waals surface area contributed by atoms with Crippen LogP contribution in [0.2, 0.25) is 0 Å². The lowest BCUT2D eigenvalue weighted by Crippen LogP contribution is -2.32. The summed E-state index contributed by atoms with van der Waals surface area (Å²) >= 11 is 0. The van der Waals surface area contributed by atoms with E-state index >= 15 is 0 Å². The summed E-state index contributed by atoms with van der Waals surface area (Å²) in [5.74, 6) is -0.991. The highest BCUT2D eigenvalue weighted by Gasteiger charge is 2.11. The van der Waals surface area contributed by atoms with Gasteiger partial charge in [0.2, 0.25) is 0 Å². The first kappa shape index (κ1) is 11.7. The lowest BCUT2D eigenvalue weighted by molar-refractivity contribution is -0.138. The first-order chi connectivity index (χ1) is 7.13. The van der Waals surface area contributed by atoms with E-state index in [0.717, 1.165) is 11.1 Å². The number of aliphatic hydroxyl groups is 1. The number of benzene rings is 1. The van der Waals surface area contributed by atoms with Gasteiger partial charge in [-0.15, -0.1) is 0 Å². The highest BCUT2D eigenvalue weighted by molar-refractivity contribution is 5.73. The fourth-order valence-electron chi connectivity index (χ4n) is 1.31. The van der Waals surface area contributed by atoms with Gasteiger partial charge in [-0.3, -0.25) is 4.79 Å². The van der Waals surface area contributed by atoms with Gasteiger partial charge in [-0.25, -0.2) is 0 Å². The van der Waals surface area contributed by atoms with Crippen LogP contribution < -0.4 is 5.73 Å². The zero-order chi connectivity index (χ0) is 11.3. The monoisotopic (exact) mass is 209 g/mol. The standard InChI is InChI=1S/C11H15NO3/c12-10(11(14)15)7-9-3-1-8(2-4-9)5-6-13/h1-4,10,13H,5-7,12H2,(H,14,15). The van der Waals surface area contributed by atoms with Crippen molar-refractivity contribution in [3.05, 3.63) is 35.4 Å². The van der Waals surface area contributed by atoms with Gasteiger partial charge >= 0.3 is 5.97 Å². The quantitative estimate of drug-likeness (QED) is 0.645. The van der Waals surface area contributed by atoms with Gasteiger partial charge in [0, 0.05) is 6.61 Å². The smallest absolute Gasteiger partial charge is 0.320 e. The van der Waals surface area contributed by atoms with Crippen LogP contribution in [0, 0.1) is 0 Å². The minimum Gasteiger partial charge on any atom is -0.480 e. The van der Waals surface area contributed by atoms with Crippen molar-refractivity contribution in [2.45, 2.75) is 18.9 Å². The van der Waals surface area contributed by atoms with Crippen molar-refractivity contribution in [2.24, 2.45) is 5.73 Å². The summed E-state index contributed by atoms with van der Waals surface area (Å²) in [6.45, 7) is 0.119. The third-order valence-electron chi connectivity index (χ3n) is 2.20. The third-order valence-corrected chi connectivity index (χ3v) is 2.20. The molecule has 0 saturated heterocycles. The molecule has 0 aliphatic rings. The lowest BCUT2D eigenvalue weighted by atomic mass is 10.0. The average Bonchev–Trinajstić information content (AvgIpc) is 2.21. The number of aliphatic hydroxyl groups excluding tert-OH is 1. The molecule has 1 unspecified atom stereocenters. The summed E-state index contributed by atoms with van der Waals surface area (Å²) in [5.41, 5.74) is 7.33. The van der Waals surface area contributed by atoms with Crippen molar-refractivity contribution in [1.29, 1.82) is 0 Å². The van der Waals surface area contributed by atoms with Crippen LogP contribution in [0.4, 0.5) is 0 Å². The molecule has 0 saturated carbocycles. The minimum atomic E-state index is -0.991. The van der Waals surface area contributed by atoms with Crippen LogP contribution in [0.25, 0.3) is 0 Å². The van der Waals surface area contributed by atoms with Gasteiger partial charge in [0.15, 0.2) is 0 Å². The molecule has 4 N–H and O–H groups in total. The molecule has 1 atom stereocenters. The maximum atomic E-state index is 10.5. The Bertz CT molecular complexity index is 321. The molecular formula is C11H15NO3. The molecular weight excluding hydrogens is 194 g/mol. The largest absolute Gasteiger partial charge is 0.480 e. The Kier molecular flexibility index (Phi) is 4.27. The summed E-state index contributed by atoms with van der Waals surface area (Å²) < 4.78 is 0. The Morgan fingerprint density at radius 3 is 2.27 bits per heavy atom. The Balaban J connectivity index is 2.60. The molecule has 4 heteroatoms. The maximum absolute atomic E-state index is 10.5. The Morgan fingerprint density at radius 2 is 1.80 bits per heavy atom. The fourth-order valence-corrected chi connectivity index (χ4v) is 1.31. The molecule has 1 aromatic rings. The molecule has 4 nitrogen and oxygen atoms in total. The molecule has 15 heavy (non-hydrogen) atoms. The summed E-state index contributed by atoms with van der Waals surface area (Å²) in [5, 5.41) is 17.3. The number of rotatable bonds is 5. The van der Waals surface area contributed by atoms with Crippen LogP contribution in [0.3, 0.4) is 0 Å². The Hall–Kier alpha value is -1.39. The molecule has 0 aliphatic carbocycles. The van der Waals surface area contributed by atoms with Gasteiger partial charge in [0.05, 0.1) is 0 Å². The van der Waals surface area contributed by atoms with Crippen molar-refractivity contribution < 1.29 is 15.0 Å². The van der Waals surface area contributed by atoms with Crippen molar-refractivity contribution >= 4 is 5.97 Å². The van der Waals surface area contributed by atoms with E-state index in [1.54, 1.807) is 0 Å². The van der Waals surface area contributed by atoms with E-state index in [9.17, 15) is 4.79 Å². The second-order valence-electron chi connectivity index (χ2n) is 3.44. The SMILES string of the molecule is NC(Cc1ccc(CCO)cc1)C(=O)O. The summed E-state index contributed by atoms with van der Waals surface area (Å²) in [4.78, 5) is 10.5. The average molecular weight is 209 g/mol. The van der Waals surface area contributed by atoms with Crippen LogP contribution in [-0.4, -0.2) is 28.8 Å². The van der Waals surface area contributed by atoms with E-state index in [1.807, 2.05) is 24.3 Å². The first-order valence-electron chi connectivity index (χ1n) is 4.80. The number of carboxylic acid groups (broad SMARTS) is 1. The molecule has 0 spiro atoms. The van der Waals surface area contributed by atoms with Gasteiger partial charge in [-0.1, -0.05) is 24.3 Å². The van der Waals surface area contributed by atoms with E-state index in [1.165, 1.54) is 0 Å². The van der Waals surface area contributed by atoms with Gasteiger partial charge in [-0.2, -0.15) is 0 Å². The van der Waals surface area contributed by atoms with Crippen molar-refractivity contribution in [3.8, 4) is 0 Å². The van der Waals surface area contributed by atoms with E-state index in [-0.39, 0.29) is 6.61 Å². The molecule has 82 valence electrons. The zero-order valence-corrected chi connectivity index (χ0v) is 8.39. The summed E-state index contributed by atoms with van der Waals surface area (Å²) in [7, 11) is 0. The third kappa shape index (κ3) is 3.69. The molecule has 0 heterocycles. The van der Waals surface area contributed by atoms with Crippen molar-refractivity contribution in [2.75, 3.05) is 6.61 Å². The van der Waals surface area contributed by atoms with Crippen LogP contribution >= 0.6 is 0 Å². The molecule has 0 aliphatic heterocycles. The van der Waals surface area contributed by atoms with Gasteiger partial charge in [-0.05, 0) is 24.0 Å². The molecule has 0 aromatic heterocycles. The zero-order valence-electron chi connectivity index (χ0n) is 8.39. The second-order valence-corrected chi connectivity index (χ2v) is 3.44. The van der Waals surface area contributed by atoms with Gasteiger partial charge < -0.3 is 15.9 Å². The van der Waals surface area contributed by atoms with Gasteiger partial charge in [0.25, 0.3) is 0 Å². The normalized spacial score (nSPS) is 12.4. The lowest BCUT2D eigenvalue weighted by Gasteiger charge is -2.06.